The number of carbonyl (C=O) groups excluding carboxylic acids is 1. The largest absolute Gasteiger partial charge is 0.397 e. The number of hydrogen-bond donors (Lipinski definition) is 3. The van der Waals surface area contributed by atoms with Crippen LogP contribution in [0.15, 0.2) is 12.1 Å². The van der Waals surface area contributed by atoms with Gasteiger partial charge in [-0.25, -0.2) is 4.98 Å². The van der Waals surface area contributed by atoms with Crippen LogP contribution >= 0.6 is 23.7 Å². The van der Waals surface area contributed by atoms with Crippen LogP contribution in [0.1, 0.15) is 35.1 Å². The summed E-state index contributed by atoms with van der Waals surface area (Å²) >= 11 is 1.37. The minimum Gasteiger partial charge on any atom is -0.397 e. The molecule has 1 aliphatic rings. The van der Waals surface area contributed by atoms with Gasteiger partial charge in [0.2, 0.25) is 0 Å². The van der Waals surface area contributed by atoms with Gasteiger partial charge in [0, 0.05) is 23.5 Å². The number of hydrogen-bond acceptors (Lipinski definition) is 5. The number of amides is 1. The van der Waals surface area contributed by atoms with Gasteiger partial charge in [-0.3, -0.25) is 4.79 Å². The SMILES string of the molecule is CNC(=O)c1sc2nc(C3(C)CCNCC3)ccc2c1N.Cl. The molecule has 3 rings (SSSR count). The van der Waals surface area contributed by atoms with Gasteiger partial charge in [0.05, 0.1) is 5.69 Å². The molecule has 0 spiro atoms. The van der Waals surface area contributed by atoms with Crippen LogP contribution < -0.4 is 16.4 Å². The Morgan fingerprint density at radius 3 is 2.73 bits per heavy atom. The van der Waals surface area contributed by atoms with Crippen molar-refractivity contribution in [2.75, 3.05) is 25.9 Å². The topological polar surface area (TPSA) is 80.0 Å². The van der Waals surface area contributed by atoms with Gasteiger partial charge in [0.1, 0.15) is 9.71 Å². The van der Waals surface area contributed by atoms with E-state index in [1.807, 2.05) is 6.07 Å². The first-order chi connectivity index (χ1) is 10.0. The quantitative estimate of drug-likeness (QED) is 0.783. The molecule has 2 aromatic rings. The van der Waals surface area contributed by atoms with Crippen LogP contribution in [0.25, 0.3) is 10.2 Å². The summed E-state index contributed by atoms with van der Waals surface area (Å²) in [5.74, 6) is -0.148. The Morgan fingerprint density at radius 2 is 2.09 bits per heavy atom. The highest BCUT2D eigenvalue weighted by atomic mass is 35.5. The first kappa shape index (κ1) is 17.0. The van der Waals surface area contributed by atoms with Crippen molar-refractivity contribution in [2.24, 2.45) is 0 Å². The number of thiophene rings is 1. The smallest absolute Gasteiger partial charge is 0.263 e. The molecule has 0 atom stereocenters. The van der Waals surface area contributed by atoms with E-state index >= 15 is 0 Å². The van der Waals surface area contributed by atoms with E-state index in [1.54, 1.807) is 7.05 Å². The Balaban J connectivity index is 0.00000176. The van der Waals surface area contributed by atoms with Crippen LogP contribution in [0.2, 0.25) is 0 Å². The highest BCUT2D eigenvalue weighted by Crippen LogP contribution is 2.37. The van der Waals surface area contributed by atoms with Crippen molar-refractivity contribution in [3.05, 3.63) is 22.7 Å². The van der Waals surface area contributed by atoms with Crippen molar-refractivity contribution in [1.29, 1.82) is 0 Å². The van der Waals surface area contributed by atoms with Crippen LogP contribution in [0.5, 0.6) is 0 Å². The summed E-state index contributed by atoms with van der Waals surface area (Å²) in [4.78, 5) is 18.0. The van der Waals surface area contributed by atoms with E-state index in [9.17, 15) is 4.79 Å². The molecule has 1 aliphatic heterocycles. The maximum atomic E-state index is 11.8. The predicted octanol–water partition coefficient (Wildman–Crippen LogP) is 2.30. The number of nitrogens with zero attached hydrogens (tertiary/aromatic N) is 1. The molecule has 0 saturated carbocycles. The van der Waals surface area contributed by atoms with Crippen molar-refractivity contribution in [3.63, 3.8) is 0 Å². The second-order valence-corrected chi connectivity index (χ2v) is 6.78. The molecule has 5 nitrogen and oxygen atoms in total. The van der Waals surface area contributed by atoms with Gasteiger partial charge in [-0.15, -0.1) is 23.7 Å². The molecule has 0 bridgehead atoms. The Labute approximate surface area is 140 Å². The van der Waals surface area contributed by atoms with Gasteiger partial charge in [-0.05, 0) is 38.1 Å². The summed E-state index contributed by atoms with van der Waals surface area (Å²) in [5, 5.41) is 6.88. The van der Waals surface area contributed by atoms with E-state index in [0.29, 0.717) is 10.6 Å². The fraction of sp³-hybridized carbons (Fsp3) is 0.467. The van der Waals surface area contributed by atoms with Crippen molar-refractivity contribution < 1.29 is 4.79 Å². The predicted molar refractivity (Wildman–Crippen MR) is 94.1 cm³/mol. The molecule has 1 saturated heterocycles. The molecular formula is C15H21ClN4OS. The molecule has 0 unspecified atom stereocenters. The van der Waals surface area contributed by atoms with Gasteiger partial charge in [-0.2, -0.15) is 0 Å². The summed E-state index contributed by atoms with van der Waals surface area (Å²) in [6.07, 6.45) is 2.16. The number of pyridine rings is 1. The molecule has 0 aromatic carbocycles. The molecule has 1 fully saturated rings. The van der Waals surface area contributed by atoms with E-state index in [0.717, 1.165) is 41.8 Å². The minimum absolute atomic E-state index is 0. The molecule has 120 valence electrons. The molecule has 3 heterocycles. The number of nitrogens with one attached hydrogen (secondary N) is 2. The summed E-state index contributed by atoms with van der Waals surface area (Å²) in [6, 6.07) is 4.06. The summed E-state index contributed by atoms with van der Waals surface area (Å²) in [5.41, 5.74) is 7.81. The lowest BCUT2D eigenvalue weighted by atomic mass is 9.78. The number of nitrogen functional groups attached to an aromatic ring is 1. The first-order valence-corrected chi connectivity index (χ1v) is 7.99. The maximum absolute atomic E-state index is 11.8. The van der Waals surface area contributed by atoms with Crippen LogP contribution in [0.4, 0.5) is 5.69 Å². The minimum atomic E-state index is -0.148. The van der Waals surface area contributed by atoms with E-state index in [2.05, 4.69) is 23.6 Å². The summed E-state index contributed by atoms with van der Waals surface area (Å²) in [6.45, 7) is 4.30. The molecule has 0 aliphatic carbocycles. The number of rotatable bonds is 2. The zero-order valence-corrected chi connectivity index (χ0v) is 14.4. The number of halogens is 1. The van der Waals surface area contributed by atoms with Gasteiger partial charge in [0.15, 0.2) is 0 Å². The highest BCUT2D eigenvalue weighted by Gasteiger charge is 2.30. The number of fused-ring (bicyclic) bond motifs is 1. The number of aromatic nitrogens is 1. The third-order valence-electron chi connectivity index (χ3n) is 4.35. The molecule has 2 aromatic heterocycles. The van der Waals surface area contributed by atoms with E-state index in [4.69, 9.17) is 10.7 Å². The number of piperidine rings is 1. The lowest BCUT2D eigenvalue weighted by Crippen LogP contribution is -2.38. The van der Waals surface area contributed by atoms with Crippen LogP contribution in [-0.4, -0.2) is 31.0 Å². The normalized spacial score (nSPS) is 17.0. The fourth-order valence-electron chi connectivity index (χ4n) is 2.85. The van der Waals surface area contributed by atoms with Crippen LogP contribution in [-0.2, 0) is 5.41 Å². The maximum Gasteiger partial charge on any atom is 0.263 e. The highest BCUT2D eigenvalue weighted by molar-refractivity contribution is 7.21. The Kier molecular flexibility index (Phi) is 4.94. The number of carbonyl (C=O) groups is 1. The second-order valence-electron chi connectivity index (χ2n) is 5.78. The third kappa shape index (κ3) is 2.78. The molecule has 22 heavy (non-hydrogen) atoms. The molecule has 7 heteroatoms. The van der Waals surface area contributed by atoms with Crippen molar-refractivity contribution in [3.8, 4) is 0 Å². The van der Waals surface area contributed by atoms with E-state index in [-0.39, 0.29) is 23.7 Å². The lowest BCUT2D eigenvalue weighted by molar-refractivity contribution is 0.0968. The monoisotopic (exact) mass is 340 g/mol. The second kappa shape index (κ2) is 6.40. The molecular weight excluding hydrogens is 320 g/mol. The molecule has 0 radical (unpaired) electrons. The number of nitrogens with two attached hydrogens (primary N) is 1. The fourth-order valence-corrected chi connectivity index (χ4v) is 3.89. The number of anilines is 1. The lowest BCUT2D eigenvalue weighted by Gasteiger charge is -2.33. The zero-order valence-electron chi connectivity index (χ0n) is 12.7. The average Bonchev–Trinajstić information content (AvgIpc) is 2.84. The van der Waals surface area contributed by atoms with Gasteiger partial charge < -0.3 is 16.4 Å². The summed E-state index contributed by atoms with van der Waals surface area (Å²) in [7, 11) is 1.61. The first-order valence-electron chi connectivity index (χ1n) is 7.17. The van der Waals surface area contributed by atoms with Crippen molar-refractivity contribution in [1.82, 2.24) is 15.6 Å². The Bertz CT molecular complexity index is 694. The van der Waals surface area contributed by atoms with Crippen molar-refractivity contribution >= 4 is 45.6 Å². The van der Waals surface area contributed by atoms with Crippen LogP contribution in [0, 0.1) is 0 Å². The van der Waals surface area contributed by atoms with Crippen molar-refractivity contribution in [2.45, 2.75) is 25.2 Å². The molecule has 4 N–H and O–H groups in total. The Hall–Kier alpha value is -1.37. The average molecular weight is 341 g/mol. The third-order valence-corrected chi connectivity index (χ3v) is 5.47. The standard InChI is InChI=1S/C15H20N4OS.ClH/c1-15(5-7-18-8-6-15)10-4-3-9-11(16)12(13(20)17-2)21-14(9)19-10;/h3-4,18H,5-8,16H2,1-2H3,(H,17,20);1H. The van der Waals surface area contributed by atoms with E-state index < -0.39 is 0 Å². The van der Waals surface area contributed by atoms with Gasteiger partial charge >= 0.3 is 0 Å². The summed E-state index contributed by atoms with van der Waals surface area (Å²) < 4.78 is 0. The molecule has 1 amide bonds. The Morgan fingerprint density at radius 1 is 1.41 bits per heavy atom. The van der Waals surface area contributed by atoms with Gasteiger partial charge in [-0.1, -0.05) is 6.92 Å². The van der Waals surface area contributed by atoms with E-state index in [1.165, 1.54) is 11.3 Å². The van der Waals surface area contributed by atoms with Crippen LogP contribution in [0.3, 0.4) is 0 Å². The zero-order chi connectivity index (χ0) is 15.0. The van der Waals surface area contributed by atoms with Gasteiger partial charge in [0.25, 0.3) is 5.91 Å².